The second-order valence-electron chi connectivity index (χ2n) is 3.53. The largest absolute Gasteiger partial charge is 0.494 e. The normalized spacial score (nSPS) is 11.9. The molecule has 0 heterocycles. The van der Waals surface area contributed by atoms with Crippen molar-refractivity contribution in [2.75, 3.05) is 13.2 Å². The minimum absolute atomic E-state index is 0.333. The maximum absolute atomic E-state index is 11.4. The van der Waals surface area contributed by atoms with Crippen molar-refractivity contribution in [3.63, 3.8) is 0 Å². The van der Waals surface area contributed by atoms with Crippen molar-refractivity contribution in [1.29, 1.82) is 0 Å². The molecule has 17 heavy (non-hydrogen) atoms. The van der Waals surface area contributed by atoms with Gasteiger partial charge < -0.3 is 9.47 Å². The average molecular weight is 257 g/mol. The Morgan fingerprint density at radius 1 is 1.29 bits per heavy atom. The van der Waals surface area contributed by atoms with Crippen molar-refractivity contribution in [2.24, 2.45) is 0 Å². The Morgan fingerprint density at radius 2 is 1.94 bits per heavy atom. The van der Waals surface area contributed by atoms with Gasteiger partial charge in [-0.2, -0.15) is 0 Å². The van der Waals surface area contributed by atoms with Gasteiger partial charge in [-0.1, -0.05) is 19.1 Å². The van der Waals surface area contributed by atoms with Gasteiger partial charge >= 0.3 is 5.97 Å². The van der Waals surface area contributed by atoms with E-state index in [0.717, 1.165) is 12.2 Å². The molecule has 1 rings (SSSR count). The lowest BCUT2D eigenvalue weighted by Gasteiger charge is -2.10. The molecule has 94 valence electrons. The fourth-order valence-corrected chi connectivity index (χ4v) is 1.51. The summed E-state index contributed by atoms with van der Waals surface area (Å²) in [6, 6.07) is 7.17. The third-order valence-electron chi connectivity index (χ3n) is 2.14. The predicted octanol–water partition coefficient (Wildman–Crippen LogP) is 3.32. The highest BCUT2D eigenvalue weighted by Crippen LogP contribution is 2.24. The first-order valence-corrected chi connectivity index (χ1v) is 6.16. The SMILES string of the molecule is CCCOc1ccc(C(Cl)C(=O)OCC)cc1. The molecule has 0 spiro atoms. The molecule has 1 aromatic carbocycles. The predicted molar refractivity (Wildman–Crippen MR) is 67.5 cm³/mol. The van der Waals surface area contributed by atoms with Crippen LogP contribution in [0.3, 0.4) is 0 Å². The van der Waals surface area contributed by atoms with E-state index in [-0.39, 0.29) is 0 Å². The van der Waals surface area contributed by atoms with E-state index in [1.54, 1.807) is 31.2 Å². The molecule has 0 N–H and O–H groups in total. The Bertz CT molecular complexity index is 348. The Hall–Kier alpha value is -1.22. The molecule has 4 heteroatoms. The summed E-state index contributed by atoms with van der Waals surface area (Å²) in [5.74, 6) is 0.361. The van der Waals surface area contributed by atoms with Crippen LogP contribution in [0.2, 0.25) is 0 Å². The van der Waals surface area contributed by atoms with E-state index in [4.69, 9.17) is 21.1 Å². The molecule has 0 saturated carbocycles. The Kier molecular flexibility index (Phi) is 5.84. The summed E-state index contributed by atoms with van der Waals surface area (Å²) < 4.78 is 10.3. The first-order valence-electron chi connectivity index (χ1n) is 5.72. The first-order chi connectivity index (χ1) is 8.19. The number of hydrogen-bond donors (Lipinski definition) is 0. The van der Waals surface area contributed by atoms with Crippen LogP contribution in [0.4, 0.5) is 0 Å². The molecule has 0 aliphatic rings. The molecule has 1 unspecified atom stereocenters. The van der Waals surface area contributed by atoms with E-state index in [1.807, 2.05) is 6.92 Å². The summed E-state index contributed by atoms with van der Waals surface area (Å²) in [5.41, 5.74) is 0.717. The zero-order chi connectivity index (χ0) is 12.7. The molecular formula is C13H17ClO3. The number of carbonyl (C=O) groups excluding carboxylic acids is 1. The van der Waals surface area contributed by atoms with Crippen LogP contribution in [0.25, 0.3) is 0 Å². The van der Waals surface area contributed by atoms with Crippen LogP contribution in [-0.4, -0.2) is 19.2 Å². The number of hydrogen-bond acceptors (Lipinski definition) is 3. The second kappa shape index (κ2) is 7.17. The lowest BCUT2D eigenvalue weighted by molar-refractivity contribution is -0.142. The number of esters is 1. The number of rotatable bonds is 6. The van der Waals surface area contributed by atoms with Crippen LogP contribution in [-0.2, 0) is 9.53 Å². The van der Waals surface area contributed by atoms with Gasteiger partial charge in [0.15, 0.2) is 5.38 Å². The zero-order valence-electron chi connectivity index (χ0n) is 10.1. The van der Waals surface area contributed by atoms with Crippen molar-refractivity contribution >= 4 is 17.6 Å². The van der Waals surface area contributed by atoms with Crippen LogP contribution in [0.1, 0.15) is 31.2 Å². The zero-order valence-corrected chi connectivity index (χ0v) is 10.9. The Balaban J connectivity index is 2.63. The minimum Gasteiger partial charge on any atom is -0.494 e. The van der Waals surface area contributed by atoms with Crippen LogP contribution >= 0.6 is 11.6 Å². The van der Waals surface area contributed by atoms with Gasteiger partial charge in [0.1, 0.15) is 5.75 Å². The fraction of sp³-hybridized carbons (Fsp3) is 0.462. The number of carbonyl (C=O) groups is 1. The Labute approximate surface area is 107 Å². The van der Waals surface area contributed by atoms with Gasteiger partial charge in [-0.25, -0.2) is 0 Å². The maximum atomic E-state index is 11.4. The molecule has 1 atom stereocenters. The van der Waals surface area contributed by atoms with Crippen LogP contribution in [0.15, 0.2) is 24.3 Å². The number of benzene rings is 1. The van der Waals surface area contributed by atoms with E-state index in [0.29, 0.717) is 18.8 Å². The van der Waals surface area contributed by atoms with Crippen molar-refractivity contribution < 1.29 is 14.3 Å². The number of halogens is 1. The van der Waals surface area contributed by atoms with E-state index in [1.165, 1.54) is 0 Å². The molecule has 1 aromatic rings. The van der Waals surface area contributed by atoms with E-state index >= 15 is 0 Å². The number of ether oxygens (including phenoxy) is 2. The van der Waals surface area contributed by atoms with E-state index in [2.05, 4.69) is 0 Å². The summed E-state index contributed by atoms with van der Waals surface area (Å²) in [7, 11) is 0. The molecule has 0 saturated heterocycles. The van der Waals surface area contributed by atoms with Crippen LogP contribution in [0.5, 0.6) is 5.75 Å². The molecule has 0 bridgehead atoms. The Morgan fingerprint density at radius 3 is 2.47 bits per heavy atom. The van der Waals surface area contributed by atoms with E-state index in [9.17, 15) is 4.79 Å². The molecule has 0 aliphatic carbocycles. The molecule has 0 aromatic heterocycles. The summed E-state index contributed by atoms with van der Waals surface area (Å²) in [6.45, 7) is 4.81. The quantitative estimate of drug-likeness (QED) is 0.579. The van der Waals surface area contributed by atoms with Gasteiger partial charge in [-0.3, -0.25) is 4.79 Å². The summed E-state index contributed by atoms with van der Waals surface area (Å²) in [6.07, 6.45) is 0.961. The third-order valence-corrected chi connectivity index (χ3v) is 2.57. The highest BCUT2D eigenvalue weighted by molar-refractivity contribution is 6.29. The summed E-state index contributed by atoms with van der Waals surface area (Å²) in [5, 5.41) is -0.754. The van der Waals surface area contributed by atoms with E-state index < -0.39 is 11.3 Å². The minimum atomic E-state index is -0.754. The van der Waals surface area contributed by atoms with Crippen molar-refractivity contribution in [1.82, 2.24) is 0 Å². The van der Waals surface area contributed by atoms with Gasteiger partial charge in [0, 0.05) is 0 Å². The lowest BCUT2D eigenvalue weighted by Crippen LogP contribution is -2.11. The standard InChI is InChI=1S/C13H17ClO3/c1-3-9-17-11-7-5-10(6-8-11)12(14)13(15)16-4-2/h5-8,12H,3-4,9H2,1-2H3. The molecular weight excluding hydrogens is 240 g/mol. The summed E-state index contributed by atoms with van der Waals surface area (Å²) >= 11 is 5.98. The average Bonchev–Trinajstić information content (AvgIpc) is 2.36. The topological polar surface area (TPSA) is 35.5 Å². The lowest BCUT2D eigenvalue weighted by atomic mass is 10.1. The highest BCUT2D eigenvalue weighted by Gasteiger charge is 2.18. The van der Waals surface area contributed by atoms with Gasteiger partial charge in [-0.05, 0) is 31.0 Å². The second-order valence-corrected chi connectivity index (χ2v) is 3.97. The molecule has 0 radical (unpaired) electrons. The molecule has 0 aliphatic heterocycles. The van der Waals surface area contributed by atoms with Gasteiger partial charge in [0.2, 0.25) is 0 Å². The van der Waals surface area contributed by atoms with Crippen molar-refractivity contribution in [3.05, 3.63) is 29.8 Å². The van der Waals surface area contributed by atoms with Gasteiger partial charge in [0.05, 0.1) is 13.2 Å². The van der Waals surface area contributed by atoms with Crippen LogP contribution in [0, 0.1) is 0 Å². The fourth-order valence-electron chi connectivity index (χ4n) is 1.30. The molecule has 0 amide bonds. The number of alkyl halides is 1. The van der Waals surface area contributed by atoms with Gasteiger partial charge in [0.25, 0.3) is 0 Å². The first kappa shape index (κ1) is 13.8. The van der Waals surface area contributed by atoms with Crippen molar-refractivity contribution in [2.45, 2.75) is 25.6 Å². The molecule has 0 fully saturated rings. The summed E-state index contributed by atoms with van der Waals surface area (Å²) in [4.78, 5) is 11.4. The maximum Gasteiger partial charge on any atom is 0.328 e. The van der Waals surface area contributed by atoms with Gasteiger partial charge in [-0.15, -0.1) is 11.6 Å². The van der Waals surface area contributed by atoms with Crippen LogP contribution < -0.4 is 4.74 Å². The monoisotopic (exact) mass is 256 g/mol. The highest BCUT2D eigenvalue weighted by atomic mass is 35.5. The van der Waals surface area contributed by atoms with Crippen molar-refractivity contribution in [3.8, 4) is 5.75 Å². The smallest absolute Gasteiger partial charge is 0.328 e. The third kappa shape index (κ3) is 4.27. The molecule has 3 nitrogen and oxygen atoms in total.